The van der Waals surface area contributed by atoms with Crippen LogP contribution in [0.3, 0.4) is 0 Å². The highest BCUT2D eigenvalue weighted by Gasteiger charge is 2.16. The molecule has 5 nitrogen and oxygen atoms in total. The molecule has 3 N–H and O–H groups in total. The third-order valence-corrected chi connectivity index (χ3v) is 1.93. The van der Waals surface area contributed by atoms with Gasteiger partial charge in [-0.3, -0.25) is 5.41 Å². The Labute approximate surface area is 84.7 Å². The molecule has 0 rings (SSSR count). The molecule has 1 amide bonds. The predicted molar refractivity (Wildman–Crippen MR) is 55.3 cm³/mol. The molecular formula is C9H19N3O2. The lowest BCUT2D eigenvalue weighted by molar-refractivity contribution is 0.107. The molecule has 0 heterocycles. The molecular weight excluding hydrogens is 182 g/mol. The molecule has 0 saturated carbocycles. The van der Waals surface area contributed by atoms with Gasteiger partial charge in [0.15, 0.2) is 0 Å². The molecule has 0 aliphatic heterocycles. The molecule has 0 aromatic carbocycles. The van der Waals surface area contributed by atoms with Crippen molar-refractivity contribution in [2.24, 2.45) is 11.7 Å². The average Bonchev–Trinajstić information content (AvgIpc) is 2.13. The Morgan fingerprint density at radius 3 is 2.50 bits per heavy atom. The quantitative estimate of drug-likeness (QED) is 0.515. The zero-order valence-electron chi connectivity index (χ0n) is 9.04. The van der Waals surface area contributed by atoms with Gasteiger partial charge in [0.1, 0.15) is 0 Å². The fourth-order valence-corrected chi connectivity index (χ4v) is 0.976. The molecule has 14 heavy (non-hydrogen) atoms. The minimum Gasteiger partial charge on any atom is -0.450 e. The molecule has 0 bridgehead atoms. The molecule has 0 radical (unpaired) electrons. The van der Waals surface area contributed by atoms with Gasteiger partial charge in [-0.2, -0.15) is 0 Å². The summed E-state index contributed by atoms with van der Waals surface area (Å²) in [6.45, 7) is 6.80. The number of amides is 1. The van der Waals surface area contributed by atoms with Crippen molar-refractivity contribution in [3.05, 3.63) is 0 Å². The fraction of sp³-hybridized carbons (Fsp3) is 0.778. The predicted octanol–water partition coefficient (Wildman–Crippen LogP) is 1.04. The maximum absolute atomic E-state index is 11.3. The lowest BCUT2D eigenvalue weighted by Crippen LogP contribution is -2.38. The smallest absolute Gasteiger partial charge is 0.409 e. The fourth-order valence-electron chi connectivity index (χ4n) is 0.976. The summed E-state index contributed by atoms with van der Waals surface area (Å²) in [5.41, 5.74) is 5.32. The molecule has 1 atom stereocenters. The van der Waals surface area contributed by atoms with E-state index in [9.17, 15) is 4.79 Å². The van der Waals surface area contributed by atoms with Crippen LogP contribution in [0.1, 0.15) is 20.8 Å². The first-order valence-electron chi connectivity index (χ1n) is 4.78. The van der Waals surface area contributed by atoms with E-state index in [0.29, 0.717) is 19.7 Å². The van der Waals surface area contributed by atoms with Crippen LogP contribution in [0.5, 0.6) is 0 Å². The lowest BCUT2D eigenvalue weighted by Gasteiger charge is -2.22. The largest absolute Gasteiger partial charge is 0.450 e. The number of hydrogen-bond donors (Lipinski definition) is 2. The first-order chi connectivity index (χ1) is 6.52. The number of nitrogens with two attached hydrogens (primary N) is 1. The van der Waals surface area contributed by atoms with E-state index in [2.05, 4.69) is 0 Å². The Bertz CT molecular complexity index is 206. The van der Waals surface area contributed by atoms with Gasteiger partial charge < -0.3 is 15.4 Å². The molecule has 0 aliphatic carbocycles. The van der Waals surface area contributed by atoms with Crippen molar-refractivity contribution in [1.29, 1.82) is 5.41 Å². The topological polar surface area (TPSA) is 79.4 Å². The van der Waals surface area contributed by atoms with Crippen LogP contribution in [0.25, 0.3) is 0 Å². The third-order valence-electron chi connectivity index (χ3n) is 1.93. The molecule has 0 aromatic heterocycles. The van der Waals surface area contributed by atoms with Crippen LogP contribution in [-0.2, 0) is 4.74 Å². The van der Waals surface area contributed by atoms with E-state index < -0.39 is 0 Å². The highest BCUT2D eigenvalue weighted by Crippen LogP contribution is 2.01. The summed E-state index contributed by atoms with van der Waals surface area (Å²) in [6, 6.07) is 0. The number of amidine groups is 1. The van der Waals surface area contributed by atoms with Crippen molar-refractivity contribution < 1.29 is 9.53 Å². The van der Waals surface area contributed by atoms with Crippen LogP contribution in [0.2, 0.25) is 0 Å². The summed E-state index contributed by atoms with van der Waals surface area (Å²) in [5, 5.41) is 7.21. The first-order valence-corrected chi connectivity index (χ1v) is 4.78. The number of nitrogens with one attached hydrogen (secondary N) is 1. The van der Waals surface area contributed by atoms with Crippen LogP contribution in [-0.4, -0.2) is 36.5 Å². The summed E-state index contributed by atoms with van der Waals surface area (Å²) in [4.78, 5) is 12.9. The van der Waals surface area contributed by atoms with Crippen molar-refractivity contribution in [2.45, 2.75) is 20.8 Å². The zero-order valence-corrected chi connectivity index (χ0v) is 9.04. The maximum Gasteiger partial charge on any atom is 0.409 e. The SMILES string of the molecule is CCOC(=O)N(CC)CC(C)C(=N)N. The maximum atomic E-state index is 11.3. The summed E-state index contributed by atoms with van der Waals surface area (Å²) in [7, 11) is 0. The van der Waals surface area contributed by atoms with Crippen molar-refractivity contribution in [3.8, 4) is 0 Å². The van der Waals surface area contributed by atoms with Gasteiger partial charge in [0.05, 0.1) is 12.4 Å². The van der Waals surface area contributed by atoms with Crippen molar-refractivity contribution >= 4 is 11.9 Å². The van der Waals surface area contributed by atoms with Gasteiger partial charge in [-0.15, -0.1) is 0 Å². The Kier molecular flexibility index (Phi) is 5.67. The van der Waals surface area contributed by atoms with Gasteiger partial charge in [0.25, 0.3) is 0 Å². The Morgan fingerprint density at radius 2 is 2.14 bits per heavy atom. The summed E-state index contributed by atoms with van der Waals surface area (Å²) in [6.07, 6.45) is -0.344. The van der Waals surface area contributed by atoms with Gasteiger partial charge in [-0.25, -0.2) is 4.79 Å². The molecule has 82 valence electrons. The lowest BCUT2D eigenvalue weighted by atomic mass is 10.1. The summed E-state index contributed by atoms with van der Waals surface area (Å²) >= 11 is 0. The second-order valence-corrected chi connectivity index (χ2v) is 3.09. The summed E-state index contributed by atoms with van der Waals surface area (Å²) < 4.78 is 4.85. The van der Waals surface area contributed by atoms with Crippen LogP contribution in [0.15, 0.2) is 0 Å². The van der Waals surface area contributed by atoms with Gasteiger partial charge >= 0.3 is 6.09 Å². The van der Waals surface area contributed by atoms with Crippen molar-refractivity contribution in [1.82, 2.24) is 4.90 Å². The highest BCUT2D eigenvalue weighted by atomic mass is 16.6. The third kappa shape index (κ3) is 4.11. The Morgan fingerprint density at radius 1 is 1.57 bits per heavy atom. The van der Waals surface area contributed by atoms with Crippen LogP contribution >= 0.6 is 0 Å². The number of nitrogens with zero attached hydrogens (tertiary/aromatic N) is 1. The monoisotopic (exact) mass is 201 g/mol. The number of rotatable bonds is 5. The van der Waals surface area contributed by atoms with Crippen LogP contribution in [0, 0.1) is 11.3 Å². The molecule has 0 spiro atoms. The highest BCUT2D eigenvalue weighted by molar-refractivity contribution is 5.80. The molecule has 0 saturated heterocycles. The van der Waals surface area contributed by atoms with Crippen LogP contribution < -0.4 is 5.73 Å². The molecule has 5 heteroatoms. The van der Waals surface area contributed by atoms with Crippen molar-refractivity contribution in [3.63, 3.8) is 0 Å². The van der Waals surface area contributed by atoms with Crippen molar-refractivity contribution in [2.75, 3.05) is 19.7 Å². The standard InChI is InChI=1S/C9H19N3O2/c1-4-12(9(13)14-5-2)6-7(3)8(10)11/h7H,4-6H2,1-3H3,(H3,10,11). The summed E-state index contributed by atoms with van der Waals surface area (Å²) in [5.74, 6) is -0.0351. The second kappa shape index (κ2) is 6.23. The number of hydrogen-bond acceptors (Lipinski definition) is 3. The van der Waals surface area contributed by atoms with E-state index in [-0.39, 0.29) is 17.8 Å². The van der Waals surface area contributed by atoms with E-state index in [1.807, 2.05) is 13.8 Å². The molecule has 0 aromatic rings. The Hall–Kier alpha value is -1.26. The minimum atomic E-state index is -0.344. The molecule has 1 unspecified atom stereocenters. The normalized spacial score (nSPS) is 11.9. The van der Waals surface area contributed by atoms with E-state index in [1.54, 1.807) is 6.92 Å². The zero-order chi connectivity index (χ0) is 11.1. The van der Waals surface area contributed by atoms with E-state index in [1.165, 1.54) is 4.90 Å². The van der Waals surface area contributed by atoms with Gasteiger partial charge in [0.2, 0.25) is 0 Å². The number of carbonyl (C=O) groups excluding carboxylic acids is 1. The second-order valence-electron chi connectivity index (χ2n) is 3.09. The minimum absolute atomic E-state index is 0.0905. The average molecular weight is 201 g/mol. The van der Waals surface area contributed by atoms with E-state index in [4.69, 9.17) is 15.9 Å². The van der Waals surface area contributed by atoms with Gasteiger partial charge in [-0.1, -0.05) is 6.92 Å². The van der Waals surface area contributed by atoms with Gasteiger partial charge in [0, 0.05) is 19.0 Å². The first kappa shape index (κ1) is 12.7. The van der Waals surface area contributed by atoms with Crippen LogP contribution in [0.4, 0.5) is 4.79 Å². The Balaban J connectivity index is 4.14. The molecule has 0 fully saturated rings. The molecule has 0 aliphatic rings. The number of ether oxygens (including phenoxy) is 1. The van der Waals surface area contributed by atoms with Gasteiger partial charge in [-0.05, 0) is 13.8 Å². The van der Waals surface area contributed by atoms with E-state index >= 15 is 0 Å². The number of carbonyl (C=O) groups is 1. The van der Waals surface area contributed by atoms with E-state index in [0.717, 1.165) is 0 Å².